The van der Waals surface area contributed by atoms with Gasteiger partial charge in [-0.2, -0.15) is 25.4 Å². The first kappa shape index (κ1) is 53.3. The minimum atomic E-state index is -0.410. The van der Waals surface area contributed by atoms with Crippen LogP contribution in [0.5, 0.6) is 0 Å². The lowest BCUT2D eigenvalue weighted by molar-refractivity contribution is -0.677. The van der Waals surface area contributed by atoms with E-state index in [0.717, 1.165) is 46.5 Å². The van der Waals surface area contributed by atoms with E-state index in [4.69, 9.17) is 46.4 Å². The van der Waals surface area contributed by atoms with Crippen molar-refractivity contribution in [2.45, 2.75) is 80.0 Å². The van der Waals surface area contributed by atoms with E-state index in [1.165, 1.54) is 31.7 Å². The van der Waals surface area contributed by atoms with Crippen molar-refractivity contribution in [3.8, 4) is 0 Å². The lowest BCUT2D eigenvalue weighted by Gasteiger charge is -1.99. The summed E-state index contributed by atoms with van der Waals surface area (Å²) < 4.78 is 15.1. The van der Waals surface area contributed by atoms with E-state index in [2.05, 4.69) is 103 Å². The normalized spacial score (nSPS) is 11.7. The molecule has 23 heteroatoms. The Bertz CT molecular complexity index is 2020. The molecule has 0 atom stereocenters. The summed E-state index contributed by atoms with van der Waals surface area (Å²) in [5, 5.41) is 31.5. The minimum Gasteiger partial charge on any atom is -0.452 e. The number of hydrogen-bond donors (Lipinski definition) is 2. The highest BCUT2D eigenvalue weighted by molar-refractivity contribution is 6.51. The van der Waals surface area contributed by atoms with Gasteiger partial charge in [-0.05, 0) is 96.8 Å². The maximum Gasteiger partial charge on any atom is 0.292 e. The molecule has 8 aromatic heterocycles. The molecule has 0 radical (unpaired) electrons. The third kappa shape index (κ3) is 27.6. The highest BCUT2D eigenvalue weighted by Gasteiger charge is 2.59. The molecule has 8 aromatic rings. The number of nitrogens with one attached hydrogen (secondary N) is 2. The molecule has 9 rings (SSSR count). The summed E-state index contributed by atoms with van der Waals surface area (Å²) in [5.41, 5.74) is 4.77. The summed E-state index contributed by atoms with van der Waals surface area (Å²) in [6, 6.07) is 9.16. The Labute approximate surface area is 374 Å². The molecule has 328 valence electrons. The fourth-order valence-corrected chi connectivity index (χ4v) is 4.04. The van der Waals surface area contributed by atoms with Crippen LogP contribution in [0.1, 0.15) is 66.2 Å². The Balaban J connectivity index is 0.000000344. The fraction of sp³-hybridized carbons (Fsp3) is 0.368. The van der Waals surface area contributed by atoms with E-state index in [-0.39, 0.29) is 10.8 Å². The molecule has 0 saturated heterocycles. The van der Waals surface area contributed by atoms with Crippen molar-refractivity contribution in [1.82, 2.24) is 75.8 Å². The van der Waals surface area contributed by atoms with Crippen molar-refractivity contribution in [2.75, 3.05) is 0 Å². The Kier molecular flexibility index (Phi) is 25.7. The number of alkyl halides is 2. The van der Waals surface area contributed by atoms with Gasteiger partial charge in [0.1, 0.15) is 35.3 Å². The van der Waals surface area contributed by atoms with Crippen LogP contribution in [0, 0.1) is 60.8 Å². The molecule has 1 fully saturated rings. The van der Waals surface area contributed by atoms with E-state index < -0.39 is 4.33 Å². The van der Waals surface area contributed by atoms with Crippen molar-refractivity contribution in [1.29, 1.82) is 0 Å². The van der Waals surface area contributed by atoms with Gasteiger partial charge >= 0.3 is 0 Å². The molecular formula is C38H51Cl4N16O3+. The summed E-state index contributed by atoms with van der Waals surface area (Å²) in [5.74, 6) is 2.60. The average Bonchev–Trinajstić information content (AvgIpc) is 4.02. The summed E-state index contributed by atoms with van der Waals surface area (Å²) in [6.45, 7) is 19.1. The third-order valence-corrected chi connectivity index (χ3v) is 8.54. The largest absolute Gasteiger partial charge is 0.452 e. The number of H-pyrrole nitrogens is 2. The molecule has 0 aromatic carbocycles. The van der Waals surface area contributed by atoms with Crippen LogP contribution in [0.25, 0.3) is 0 Å². The molecule has 8 heterocycles. The van der Waals surface area contributed by atoms with Crippen LogP contribution in [0.3, 0.4) is 0 Å². The van der Waals surface area contributed by atoms with Gasteiger partial charge in [0.25, 0.3) is 11.7 Å². The van der Waals surface area contributed by atoms with Crippen LogP contribution in [-0.4, -0.2) is 80.2 Å². The molecule has 61 heavy (non-hydrogen) atoms. The van der Waals surface area contributed by atoms with Crippen LogP contribution < -0.4 is 4.57 Å². The van der Waals surface area contributed by atoms with Crippen molar-refractivity contribution in [3.05, 3.63) is 143 Å². The molecule has 0 bridgehead atoms. The molecule has 1 aliphatic rings. The van der Waals surface area contributed by atoms with Crippen LogP contribution in [0.4, 0.5) is 0 Å². The van der Waals surface area contributed by atoms with Crippen LogP contribution >= 0.6 is 46.4 Å². The standard InChI is InChI=1S/C5H8Cl2.C5H5ClN2.2C5H6N2.C4H4ClNO.C4H7N3.C4H5NO.C3H5N3.C3H4N2O/c1-4(2)3-5(4,6)7;1-4-2-3-5(6)8-7-4;1-5-2-3-6-4-7-5;1-5-3-2-4-6-7-5;1-3-2-7-4(5)6-3;1-4-6-5-3-7(4)2;1-4-2-6-3-5-4;1-3-4-2-5-6-3;1-3-4-2-6-5-3/h3H2,1-2H3;2-3H,1H3;2*2-4H,1H3;2H,1H3;3H,1-2H3;2-3H,1H3;2H,1H3,(H,4,5,6);2H,1H3/p+1. The number of aromatic nitrogens is 16. The number of oxazole rings is 2. The van der Waals surface area contributed by atoms with Gasteiger partial charge in [0.05, 0.1) is 29.8 Å². The molecule has 0 unspecified atom stereocenters. The molecular weight excluding hydrogens is 870 g/mol. The summed E-state index contributed by atoms with van der Waals surface area (Å²) in [7, 11) is 1.94. The van der Waals surface area contributed by atoms with Gasteiger partial charge in [-0.3, -0.25) is 5.10 Å². The molecule has 1 aliphatic carbocycles. The van der Waals surface area contributed by atoms with Crippen molar-refractivity contribution < 1.29 is 17.9 Å². The number of halogens is 4. The SMILES string of the molecule is CC1(C)CC1(Cl)Cl.Cc1[nH]nc[n+]1C.Cc1ccc(Cl)nn1.Cc1cccnn1.Cc1ccncn1.Cc1coc(Cl)n1.Cc1cocn1.Cc1ncn[nH]1.Cc1ncon1. The van der Waals surface area contributed by atoms with E-state index in [1.54, 1.807) is 38.0 Å². The second-order valence-corrected chi connectivity index (χ2v) is 15.1. The van der Waals surface area contributed by atoms with Gasteiger partial charge in [0, 0.05) is 35.5 Å². The molecule has 19 nitrogen and oxygen atoms in total. The van der Waals surface area contributed by atoms with E-state index in [9.17, 15) is 0 Å². The summed E-state index contributed by atoms with van der Waals surface area (Å²) in [4.78, 5) is 22.5. The second-order valence-electron chi connectivity index (χ2n) is 13.0. The van der Waals surface area contributed by atoms with Crippen LogP contribution in [-0.2, 0) is 7.05 Å². The lowest BCUT2D eigenvalue weighted by Crippen LogP contribution is -2.27. The fourth-order valence-electron chi connectivity index (χ4n) is 3.09. The highest BCUT2D eigenvalue weighted by atomic mass is 35.5. The van der Waals surface area contributed by atoms with Crippen molar-refractivity contribution in [3.63, 3.8) is 0 Å². The van der Waals surface area contributed by atoms with Crippen molar-refractivity contribution >= 4 is 46.4 Å². The predicted molar refractivity (Wildman–Crippen MR) is 230 cm³/mol. The monoisotopic (exact) mass is 919 g/mol. The molecule has 1 saturated carbocycles. The maximum atomic E-state index is 5.70. The molecule has 0 spiro atoms. The minimum absolute atomic E-state index is 0.177. The first-order valence-corrected chi connectivity index (χ1v) is 19.5. The zero-order chi connectivity index (χ0) is 45.7. The molecule has 2 N–H and O–H groups in total. The van der Waals surface area contributed by atoms with Gasteiger partial charge in [-0.15, -0.1) is 33.4 Å². The number of aryl methyl sites for hydroxylation is 9. The number of aromatic amines is 2. The van der Waals surface area contributed by atoms with Crippen LogP contribution in [0.15, 0.2) is 100 Å². The van der Waals surface area contributed by atoms with Gasteiger partial charge < -0.3 is 13.4 Å². The van der Waals surface area contributed by atoms with E-state index >= 15 is 0 Å². The first-order chi connectivity index (χ1) is 28.8. The topological polar surface area (TPSA) is 242 Å². The lowest BCUT2D eigenvalue weighted by atomic mass is 10.2. The summed E-state index contributed by atoms with van der Waals surface area (Å²) in [6.07, 6.45) is 14.9. The Morgan fingerprint density at radius 1 is 0.705 bits per heavy atom. The number of rotatable bonds is 0. The zero-order valence-corrected chi connectivity index (χ0v) is 38.8. The highest BCUT2D eigenvalue weighted by Crippen LogP contribution is 2.63. The average molecular weight is 922 g/mol. The predicted octanol–water partition coefficient (Wildman–Crippen LogP) is 8.25. The Hall–Kier alpha value is -5.76. The van der Waals surface area contributed by atoms with Crippen LogP contribution in [0.2, 0.25) is 10.5 Å². The van der Waals surface area contributed by atoms with E-state index in [1.807, 2.05) is 84.3 Å². The number of hydrogen-bond acceptors (Lipinski definition) is 16. The second kappa shape index (κ2) is 29.5. The van der Waals surface area contributed by atoms with Gasteiger partial charge in [-0.25, -0.2) is 29.5 Å². The number of nitrogens with zero attached hydrogens (tertiary/aromatic N) is 14. The van der Waals surface area contributed by atoms with E-state index in [0.29, 0.717) is 11.0 Å². The van der Waals surface area contributed by atoms with Gasteiger partial charge in [-0.1, -0.05) is 30.6 Å². The Morgan fingerprint density at radius 3 is 1.61 bits per heavy atom. The summed E-state index contributed by atoms with van der Waals surface area (Å²) >= 11 is 22.1. The third-order valence-electron chi connectivity index (χ3n) is 6.87. The van der Waals surface area contributed by atoms with Crippen molar-refractivity contribution in [2.24, 2.45) is 12.5 Å². The molecule has 0 aliphatic heterocycles. The quantitative estimate of drug-likeness (QED) is 0.107. The Morgan fingerprint density at radius 2 is 1.41 bits per heavy atom. The zero-order valence-electron chi connectivity index (χ0n) is 35.8. The molecule has 0 amide bonds. The first-order valence-electron chi connectivity index (χ1n) is 17.9. The van der Waals surface area contributed by atoms with Gasteiger partial charge in [0.15, 0.2) is 17.4 Å². The smallest absolute Gasteiger partial charge is 0.292 e. The van der Waals surface area contributed by atoms with Gasteiger partial charge in [0.2, 0.25) is 12.2 Å². The maximum absolute atomic E-state index is 5.70.